The maximum absolute atomic E-state index is 2.59. The van der Waals surface area contributed by atoms with Gasteiger partial charge >= 0.3 is 6.87 Å². The van der Waals surface area contributed by atoms with E-state index in [2.05, 4.69) is 145 Å². The first-order valence-electron chi connectivity index (χ1n) is 13.4. The lowest BCUT2D eigenvalue weighted by molar-refractivity contribution is -0.521. The van der Waals surface area contributed by atoms with Crippen LogP contribution >= 0.6 is 0 Å². The van der Waals surface area contributed by atoms with Gasteiger partial charge in [0.2, 0.25) is 0 Å². The van der Waals surface area contributed by atoms with Gasteiger partial charge in [-0.05, 0) is 51.6 Å². The van der Waals surface area contributed by atoms with Crippen molar-refractivity contribution in [2.75, 3.05) is 4.81 Å². The topological polar surface area (TPSA) is 12.0 Å². The maximum Gasteiger partial charge on any atom is 0.465 e. The van der Waals surface area contributed by atoms with E-state index >= 15 is 0 Å². The van der Waals surface area contributed by atoms with E-state index in [1.54, 1.807) is 0 Å². The Bertz CT molecular complexity index is 1340. The van der Waals surface area contributed by atoms with Gasteiger partial charge in [0, 0.05) is 5.69 Å². The molecule has 2 aliphatic rings. The van der Waals surface area contributed by atoms with Crippen LogP contribution in [0.1, 0.15) is 84.6 Å². The quantitative estimate of drug-likeness (QED) is 0.398. The maximum atomic E-state index is 2.59. The Hall–Kier alpha value is -2.68. The summed E-state index contributed by atoms with van der Waals surface area (Å²) in [7, 11) is 2.17. The normalized spacial score (nSPS) is 15.4. The van der Waals surface area contributed by atoms with Crippen molar-refractivity contribution in [3.05, 3.63) is 77.2 Å². The molecule has 186 valence electrons. The van der Waals surface area contributed by atoms with Crippen molar-refractivity contribution >= 4 is 24.6 Å². The van der Waals surface area contributed by atoms with Gasteiger partial charge in [0.15, 0.2) is 0 Å². The zero-order valence-corrected chi connectivity index (χ0v) is 24.2. The Balaban J connectivity index is 1.81. The molecule has 3 aromatic rings. The van der Waals surface area contributed by atoms with Gasteiger partial charge in [-0.15, -0.1) is 0 Å². The molecule has 0 bridgehead atoms. The summed E-state index contributed by atoms with van der Waals surface area (Å²) in [5, 5.41) is 0. The zero-order chi connectivity index (χ0) is 26.4. The molecule has 0 radical (unpaired) electrons. The summed E-state index contributed by atoms with van der Waals surface area (Å²) in [6.45, 7) is 23.9. The van der Waals surface area contributed by atoms with E-state index in [1.165, 1.54) is 44.8 Å². The smallest absolute Gasteiger partial charge is 0.357 e. The largest absolute Gasteiger partial charge is 0.465 e. The Morgan fingerprint density at radius 1 is 0.833 bits per heavy atom. The Kier molecular flexibility index (Phi) is 5.49. The first-order chi connectivity index (χ1) is 16.6. The van der Waals surface area contributed by atoms with E-state index in [1.807, 2.05) is 0 Å². The molecule has 0 amide bonds. The summed E-state index contributed by atoms with van der Waals surface area (Å²) in [5.74, 6) is 3.72. The number of aromatic nitrogens is 2. The van der Waals surface area contributed by atoms with Crippen LogP contribution in [0.25, 0.3) is 11.4 Å². The second kappa shape index (κ2) is 7.91. The fourth-order valence-electron chi connectivity index (χ4n) is 6.10. The van der Waals surface area contributed by atoms with Gasteiger partial charge in [-0.25, -0.2) is 4.57 Å². The van der Waals surface area contributed by atoms with Crippen molar-refractivity contribution in [2.24, 2.45) is 7.05 Å². The summed E-state index contributed by atoms with van der Waals surface area (Å²) in [6, 6.07) is 11.8. The lowest BCUT2D eigenvalue weighted by atomic mass is 9.16. The average molecular weight is 478 g/mol. The van der Waals surface area contributed by atoms with Crippen LogP contribution in [0.4, 0.5) is 5.69 Å². The van der Waals surface area contributed by atoms with Crippen LogP contribution in [0.2, 0.25) is 0 Å². The van der Waals surface area contributed by atoms with Crippen molar-refractivity contribution in [3.8, 4) is 11.4 Å². The molecule has 0 fully saturated rings. The van der Waals surface area contributed by atoms with Crippen LogP contribution in [-0.4, -0.2) is 18.0 Å². The van der Waals surface area contributed by atoms with Crippen LogP contribution in [0.5, 0.6) is 0 Å². The number of anilines is 1. The molecule has 0 saturated heterocycles. The number of hydrogen-bond acceptors (Lipinski definition) is 1. The molecule has 0 N–H and O–H groups in total. The van der Waals surface area contributed by atoms with Gasteiger partial charge in [-0.1, -0.05) is 104 Å². The van der Waals surface area contributed by atoms with Crippen molar-refractivity contribution in [1.82, 2.24) is 4.57 Å². The first-order valence-corrected chi connectivity index (χ1v) is 13.4. The molecule has 0 unspecified atom stereocenters. The third-order valence-electron chi connectivity index (χ3n) is 8.11. The zero-order valence-electron chi connectivity index (χ0n) is 24.2. The van der Waals surface area contributed by atoms with Gasteiger partial charge in [0.05, 0.1) is 12.6 Å². The van der Waals surface area contributed by atoms with Crippen LogP contribution < -0.4 is 14.8 Å². The molecule has 2 aromatic carbocycles. The molecule has 3 nitrogen and oxygen atoms in total. The minimum atomic E-state index is 0.00979. The van der Waals surface area contributed by atoms with E-state index in [0.29, 0.717) is 6.60 Å². The Morgan fingerprint density at radius 2 is 1.44 bits per heavy atom. The molecule has 0 aliphatic carbocycles. The van der Waals surface area contributed by atoms with Crippen LogP contribution in [0, 0.1) is 6.92 Å². The SMILES string of the molecule is Cc1cccc2c1-c1n(C)cc[n+]1B1B2C=CN1c1c(C(C)(C)C)cc(C(C)(C)C)cc1C(C)(C)C. The standard InChI is InChI=1S/C31H42B2N3/c1-21-13-12-14-25-26(21)28-34(11)17-18-36(28)33-32(25)15-16-35(33)27-23(30(5,6)7)19-22(29(2,3)4)20-24(27)31(8,9)10/h12-20H,1-11H3/q+1. The van der Waals surface area contributed by atoms with Gasteiger partial charge in [-0.2, -0.15) is 0 Å². The lowest BCUT2D eigenvalue weighted by Crippen LogP contribution is -2.72. The fraction of sp³-hybridized carbons (Fsp3) is 0.452. The van der Waals surface area contributed by atoms with Gasteiger partial charge in [-0.3, -0.25) is 4.48 Å². The highest BCUT2D eigenvalue weighted by Crippen LogP contribution is 2.44. The molecule has 2 aliphatic heterocycles. The summed E-state index contributed by atoms with van der Waals surface area (Å²) in [5.41, 5.74) is 9.92. The molecule has 0 atom stereocenters. The molecule has 0 spiro atoms. The van der Waals surface area contributed by atoms with Gasteiger partial charge in [0.1, 0.15) is 12.4 Å². The Labute approximate surface area is 219 Å². The van der Waals surface area contributed by atoms with Gasteiger partial charge in [0.25, 0.3) is 12.4 Å². The fourth-order valence-corrected chi connectivity index (χ4v) is 6.10. The average Bonchev–Trinajstić information content (AvgIpc) is 3.35. The van der Waals surface area contributed by atoms with E-state index in [-0.39, 0.29) is 23.1 Å². The second-order valence-electron chi connectivity index (χ2n) is 14.0. The number of rotatable bonds is 1. The van der Waals surface area contributed by atoms with Crippen molar-refractivity contribution < 1.29 is 4.48 Å². The first kappa shape index (κ1) is 25.0. The molecule has 0 saturated carbocycles. The van der Waals surface area contributed by atoms with Crippen molar-refractivity contribution in [2.45, 2.75) is 85.5 Å². The minimum Gasteiger partial charge on any atom is -0.357 e. The molecule has 5 heteroatoms. The lowest BCUT2D eigenvalue weighted by Gasteiger charge is -2.38. The molecule has 3 heterocycles. The predicted molar refractivity (Wildman–Crippen MR) is 156 cm³/mol. The van der Waals surface area contributed by atoms with Crippen LogP contribution in [0.15, 0.2) is 54.9 Å². The summed E-state index contributed by atoms with van der Waals surface area (Å²) >= 11 is 0. The summed E-state index contributed by atoms with van der Waals surface area (Å²) in [6.07, 6.45) is 6.86. The highest BCUT2D eigenvalue weighted by Gasteiger charge is 2.54. The monoisotopic (exact) mass is 478 g/mol. The molecule has 36 heavy (non-hydrogen) atoms. The Morgan fingerprint density at radius 3 is 2.00 bits per heavy atom. The van der Waals surface area contributed by atoms with Crippen molar-refractivity contribution in [3.63, 3.8) is 0 Å². The van der Waals surface area contributed by atoms with Crippen LogP contribution in [0.3, 0.4) is 0 Å². The van der Waals surface area contributed by atoms with E-state index in [4.69, 9.17) is 0 Å². The van der Waals surface area contributed by atoms with Crippen LogP contribution in [-0.2, 0) is 23.3 Å². The predicted octanol–water partition coefficient (Wildman–Crippen LogP) is 5.88. The summed E-state index contributed by atoms with van der Waals surface area (Å²) < 4.78 is 4.80. The minimum absolute atomic E-state index is 0.00979. The summed E-state index contributed by atoms with van der Waals surface area (Å²) in [4.78, 5) is 2.59. The second-order valence-corrected chi connectivity index (χ2v) is 14.0. The van der Waals surface area contributed by atoms with E-state index in [0.717, 1.165) is 0 Å². The third-order valence-corrected chi connectivity index (χ3v) is 8.11. The third kappa shape index (κ3) is 3.78. The molecular weight excluding hydrogens is 436 g/mol. The van der Waals surface area contributed by atoms with E-state index < -0.39 is 0 Å². The highest BCUT2D eigenvalue weighted by atomic mass is 15.2. The number of benzene rings is 2. The number of aryl methyl sites for hydroxylation is 2. The number of imidazole rings is 1. The number of hydrogen-bond donors (Lipinski definition) is 0. The highest BCUT2D eigenvalue weighted by molar-refractivity contribution is 7.30. The van der Waals surface area contributed by atoms with E-state index in [9.17, 15) is 0 Å². The molecule has 5 rings (SSSR count). The van der Waals surface area contributed by atoms with Gasteiger partial charge < -0.3 is 4.81 Å². The molecule has 1 aromatic heterocycles. The number of nitrogens with zero attached hydrogens (tertiary/aromatic N) is 3. The molecular formula is C31H42B2N3+. The van der Waals surface area contributed by atoms with Crippen molar-refractivity contribution in [1.29, 1.82) is 0 Å². The number of fused-ring (bicyclic) bond motifs is 6.